The number of rotatable bonds is 5. The number of carboxylic acid groups (broad SMARTS) is 1. The summed E-state index contributed by atoms with van der Waals surface area (Å²) in [7, 11) is 0. The fourth-order valence-corrected chi connectivity index (χ4v) is 4.29. The van der Waals surface area contributed by atoms with Crippen molar-refractivity contribution in [2.45, 2.75) is 77.3 Å². The van der Waals surface area contributed by atoms with Gasteiger partial charge in [0, 0.05) is 12.1 Å². The highest BCUT2D eigenvalue weighted by Gasteiger charge is 2.41. The standard InChI is InChI=1S/C16H29NO2/c1-3-6-12-8-9-14(16(18)19)15(11-12)17-10-5-7-13(17)4-2/h12-15H,3-11H2,1-2H3,(H,18,19). The van der Waals surface area contributed by atoms with Gasteiger partial charge in [-0.25, -0.2) is 0 Å². The van der Waals surface area contributed by atoms with Gasteiger partial charge in [-0.15, -0.1) is 0 Å². The second-order valence-electron chi connectivity index (χ2n) is 6.42. The van der Waals surface area contributed by atoms with Gasteiger partial charge in [-0.1, -0.05) is 26.7 Å². The van der Waals surface area contributed by atoms with Gasteiger partial charge in [0.15, 0.2) is 0 Å². The zero-order valence-electron chi connectivity index (χ0n) is 12.5. The summed E-state index contributed by atoms with van der Waals surface area (Å²) in [6.07, 6.45) is 9.30. The molecule has 110 valence electrons. The van der Waals surface area contributed by atoms with Gasteiger partial charge in [0.2, 0.25) is 0 Å². The summed E-state index contributed by atoms with van der Waals surface area (Å²) in [6, 6.07) is 0.933. The Kier molecular flexibility index (Phi) is 5.26. The maximum atomic E-state index is 11.6. The van der Waals surface area contributed by atoms with Crippen LogP contribution in [0.5, 0.6) is 0 Å². The molecular weight excluding hydrogens is 238 g/mol. The van der Waals surface area contributed by atoms with Gasteiger partial charge in [-0.05, 0) is 51.0 Å². The molecule has 1 saturated carbocycles. The molecule has 2 aliphatic rings. The third kappa shape index (κ3) is 3.31. The molecule has 1 saturated heterocycles. The molecule has 4 atom stereocenters. The van der Waals surface area contributed by atoms with E-state index in [4.69, 9.17) is 0 Å². The van der Waals surface area contributed by atoms with Crippen molar-refractivity contribution in [2.24, 2.45) is 11.8 Å². The van der Waals surface area contributed by atoms with Crippen molar-refractivity contribution in [3.63, 3.8) is 0 Å². The minimum Gasteiger partial charge on any atom is -0.481 e. The molecule has 3 nitrogen and oxygen atoms in total. The largest absolute Gasteiger partial charge is 0.481 e. The van der Waals surface area contributed by atoms with Crippen molar-refractivity contribution in [3.8, 4) is 0 Å². The lowest BCUT2D eigenvalue weighted by atomic mass is 9.75. The Morgan fingerprint density at radius 1 is 1.26 bits per heavy atom. The van der Waals surface area contributed by atoms with E-state index in [-0.39, 0.29) is 5.92 Å². The summed E-state index contributed by atoms with van der Waals surface area (Å²) < 4.78 is 0. The molecule has 1 heterocycles. The Morgan fingerprint density at radius 3 is 2.68 bits per heavy atom. The Morgan fingerprint density at radius 2 is 2.05 bits per heavy atom. The first kappa shape index (κ1) is 14.8. The number of hydrogen-bond donors (Lipinski definition) is 1. The van der Waals surface area contributed by atoms with Crippen LogP contribution < -0.4 is 0 Å². The fourth-order valence-electron chi connectivity index (χ4n) is 4.29. The van der Waals surface area contributed by atoms with E-state index in [1.807, 2.05) is 0 Å². The van der Waals surface area contributed by atoms with Crippen LogP contribution in [0, 0.1) is 11.8 Å². The van der Waals surface area contributed by atoms with Crippen molar-refractivity contribution in [1.29, 1.82) is 0 Å². The minimum atomic E-state index is -0.568. The first-order valence-electron chi connectivity index (χ1n) is 8.15. The average molecular weight is 267 g/mol. The Balaban J connectivity index is 2.08. The lowest BCUT2D eigenvalue weighted by Crippen LogP contribution is -2.49. The van der Waals surface area contributed by atoms with E-state index in [2.05, 4.69) is 18.7 Å². The molecule has 4 unspecified atom stereocenters. The number of aliphatic carboxylic acids is 1. The summed E-state index contributed by atoms with van der Waals surface area (Å²) >= 11 is 0. The smallest absolute Gasteiger partial charge is 0.308 e. The molecule has 0 bridgehead atoms. The molecule has 3 heteroatoms. The highest BCUT2D eigenvalue weighted by atomic mass is 16.4. The second kappa shape index (κ2) is 6.74. The Bertz CT molecular complexity index is 305. The molecule has 0 amide bonds. The van der Waals surface area contributed by atoms with Crippen LogP contribution >= 0.6 is 0 Å². The fraction of sp³-hybridized carbons (Fsp3) is 0.938. The minimum absolute atomic E-state index is 0.125. The van der Waals surface area contributed by atoms with Crippen LogP contribution in [0.4, 0.5) is 0 Å². The van der Waals surface area contributed by atoms with Crippen molar-refractivity contribution >= 4 is 5.97 Å². The second-order valence-corrected chi connectivity index (χ2v) is 6.42. The molecule has 19 heavy (non-hydrogen) atoms. The molecule has 1 aliphatic heterocycles. The highest BCUT2D eigenvalue weighted by molar-refractivity contribution is 5.71. The van der Waals surface area contributed by atoms with Gasteiger partial charge in [-0.3, -0.25) is 9.69 Å². The molecule has 0 radical (unpaired) electrons. The van der Waals surface area contributed by atoms with Crippen molar-refractivity contribution in [2.75, 3.05) is 6.54 Å². The van der Waals surface area contributed by atoms with Crippen LogP contribution in [-0.2, 0) is 4.79 Å². The van der Waals surface area contributed by atoms with Gasteiger partial charge >= 0.3 is 5.97 Å². The third-order valence-electron chi connectivity index (χ3n) is 5.26. The first-order valence-corrected chi connectivity index (χ1v) is 8.15. The molecule has 2 fully saturated rings. The van der Waals surface area contributed by atoms with E-state index in [0.717, 1.165) is 31.7 Å². The summed E-state index contributed by atoms with van der Waals surface area (Å²) in [5, 5.41) is 9.52. The van der Waals surface area contributed by atoms with Gasteiger partial charge in [0.25, 0.3) is 0 Å². The topological polar surface area (TPSA) is 40.5 Å². The van der Waals surface area contributed by atoms with Crippen LogP contribution in [0.15, 0.2) is 0 Å². The lowest BCUT2D eigenvalue weighted by molar-refractivity contribution is -0.146. The average Bonchev–Trinajstić information content (AvgIpc) is 2.86. The van der Waals surface area contributed by atoms with Gasteiger partial charge in [-0.2, -0.15) is 0 Å². The molecule has 0 spiro atoms. The summed E-state index contributed by atoms with van der Waals surface area (Å²) in [4.78, 5) is 14.1. The number of hydrogen-bond acceptors (Lipinski definition) is 2. The molecular formula is C16H29NO2. The van der Waals surface area contributed by atoms with E-state index in [1.165, 1.54) is 32.1 Å². The van der Waals surface area contributed by atoms with Crippen LogP contribution in [0.25, 0.3) is 0 Å². The molecule has 0 aromatic rings. The van der Waals surface area contributed by atoms with Crippen LogP contribution in [0.3, 0.4) is 0 Å². The van der Waals surface area contributed by atoms with Crippen LogP contribution in [-0.4, -0.2) is 34.6 Å². The van der Waals surface area contributed by atoms with E-state index in [9.17, 15) is 9.90 Å². The summed E-state index contributed by atoms with van der Waals surface area (Å²) in [6.45, 7) is 5.60. The van der Waals surface area contributed by atoms with Gasteiger partial charge in [0.1, 0.15) is 0 Å². The van der Waals surface area contributed by atoms with Crippen molar-refractivity contribution in [3.05, 3.63) is 0 Å². The SMILES string of the molecule is CCCC1CCC(C(=O)O)C(N2CCCC2CC)C1. The van der Waals surface area contributed by atoms with Crippen molar-refractivity contribution in [1.82, 2.24) is 4.90 Å². The van der Waals surface area contributed by atoms with Crippen LogP contribution in [0.2, 0.25) is 0 Å². The van der Waals surface area contributed by atoms with E-state index >= 15 is 0 Å². The normalized spacial score (nSPS) is 36.5. The maximum Gasteiger partial charge on any atom is 0.308 e. The van der Waals surface area contributed by atoms with E-state index < -0.39 is 5.97 Å². The van der Waals surface area contributed by atoms with E-state index in [1.54, 1.807) is 0 Å². The highest BCUT2D eigenvalue weighted by Crippen LogP contribution is 2.38. The Hall–Kier alpha value is -0.570. The Labute approximate surface area is 117 Å². The maximum absolute atomic E-state index is 11.6. The van der Waals surface area contributed by atoms with Crippen LogP contribution in [0.1, 0.15) is 65.2 Å². The molecule has 0 aromatic heterocycles. The predicted octanol–water partition coefficient (Wildman–Crippen LogP) is 3.53. The van der Waals surface area contributed by atoms with Crippen molar-refractivity contribution < 1.29 is 9.90 Å². The first-order chi connectivity index (χ1) is 9.17. The quantitative estimate of drug-likeness (QED) is 0.828. The summed E-state index contributed by atoms with van der Waals surface area (Å²) in [5.41, 5.74) is 0. The zero-order valence-corrected chi connectivity index (χ0v) is 12.5. The number of carbonyl (C=O) groups is 1. The number of likely N-dealkylation sites (tertiary alicyclic amines) is 1. The van der Waals surface area contributed by atoms with E-state index in [0.29, 0.717) is 12.1 Å². The predicted molar refractivity (Wildman–Crippen MR) is 77.2 cm³/mol. The lowest BCUT2D eigenvalue weighted by Gasteiger charge is -2.42. The zero-order chi connectivity index (χ0) is 13.8. The summed E-state index contributed by atoms with van der Waals surface area (Å²) in [5.74, 6) is 0.0608. The third-order valence-corrected chi connectivity index (χ3v) is 5.26. The molecule has 1 aliphatic carbocycles. The molecule has 0 aromatic carbocycles. The number of carboxylic acids is 1. The monoisotopic (exact) mass is 267 g/mol. The molecule has 2 rings (SSSR count). The van der Waals surface area contributed by atoms with Gasteiger partial charge in [0.05, 0.1) is 5.92 Å². The molecule has 1 N–H and O–H groups in total. The number of nitrogens with zero attached hydrogens (tertiary/aromatic N) is 1. The van der Waals surface area contributed by atoms with Gasteiger partial charge < -0.3 is 5.11 Å².